The normalized spacial score (nSPS) is 20.9. The lowest BCUT2D eigenvalue weighted by molar-refractivity contribution is -0.135. The molecule has 2 heterocycles. The largest absolute Gasteiger partial charge is 0.454 e. The zero-order valence-electron chi connectivity index (χ0n) is 10.9. The van der Waals surface area contributed by atoms with Crippen LogP contribution in [0.4, 0.5) is 13.2 Å². The lowest BCUT2D eigenvalue weighted by Gasteiger charge is -2.27. The summed E-state index contributed by atoms with van der Waals surface area (Å²) < 4.78 is 47.4. The van der Waals surface area contributed by atoms with Crippen LogP contribution < -0.4 is 14.8 Å². The van der Waals surface area contributed by atoms with Gasteiger partial charge >= 0.3 is 6.18 Å². The maximum absolute atomic E-state index is 12.2. The Morgan fingerprint density at radius 1 is 1.20 bits per heavy atom. The summed E-state index contributed by atoms with van der Waals surface area (Å²) in [6.45, 7) is 0.994. The lowest BCUT2D eigenvalue weighted by Crippen LogP contribution is -2.30. The van der Waals surface area contributed by atoms with Crippen LogP contribution in [-0.4, -0.2) is 19.5 Å². The minimum absolute atomic E-state index is 0.0319. The number of rotatable bonds is 3. The summed E-state index contributed by atoms with van der Waals surface area (Å²) in [5.41, 5.74) is 2.19. The maximum Gasteiger partial charge on any atom is 0.389 e. The molecule has 0 spiro atoms. The van der Waals surface area contributed by atoms with E-state index in [0.29, 0.717) is 12.2 Å². The topological polar surface area (TPSA) is 30.5 Å². The van der Waals surface area contributed by atoms with Gasteiger partial charge in [-0.2, -0.15) is 13.2 Å². The molecule has 3 nitrogen and oxygen atoms in total. The second-order valence-corrected chi connectivity index (χ2v) is 5.17. The van der Waals surface area contributed by atoms with Crippen molar-refractivity contribution in [1.82, 2.24) is 5.32 Å². The number of alkyl halides is 3. The summed E-state index contributed by atoms with van der Waals surface area (Å²) in [5, 5.41) is 3.29. The molecule has 0 amide bonds. The molecule has 0 bridgehead atoms. The standard InChI is InChI=1S/C14H16F3NO2/c15-14(16,17)4-1-2-11-10-7-13-12(19-8-20-13)6-9(10)3-5-18-11/h6-7,11,18H,1-5,8H2. The molecule has 1 aromatic rings. The molecule has 0 fully saturated rings. The third kappa shape index (κ3) is 2.85. The van der Waals surface area contributed by atoms with E-state index in [1.165, 1.54) is 0 Å². The molecule has 3 rings (SSSR count). The van der Waals surface area contributed by atoms with Crippen molar-refractivity contribution in [3.05, 3.63) is 23.3 Å². The van der Waals surface area contributed by atoms with E-state index in [0.717, 1.165) is 29.8 Å². The fraction of sp³-hybridized carbons (Fsp3) is 0.571. The van der Waals surface area contributed by atoms with Crippen LogP contribution in [0.1, 0.15) is 36.4 Å². The Kier molecular flexibility index (Phi) is 3.50. The van der Waals surface area contributed by atoms with Crippen molar-refractivity contribution in [1.29, 1.82) is 0 Å². The second kappa shape index (κ2) is 5.16. The van der Waals surface area contributed by atoms with Gasteiger partial charge in [-0.1, -0.05) is 0 Å². The summed E-state index contributed by atoms with van der Waals surface area (Å²) in [7, 11) is 0. The molecule has 20 heavy (non-hydrogen) atoms. The molecular formula is C14H16F3NO2. The second-order valence-electron chi connectivity index (χ2n) is 5.17. The Morgan fingerprint density at radius 2 is 1.95 bits per heavy atom. The van der Waals surface area contributed by atoms with E-state index >= 15 is 0 Å². The summed E-state index contributed by atoms with van der Waals surface area (Å²) >= 11 is 0. The number of fused-ring (bicyclic) bond motifs is 2. The van der Waals surface area contributed by atoms with E-state index in [2.05, 4.69) is 5.32 Å². The van der Waals surface area contributed by atoms with Gasteiger partial charge in [0, 0.05) is 12.5 Å². The first-order valence-corrected chi connectivity index (χ1v) is 6.75. The van der Waals surface area contributed by atoms with Gasteiger partial charge in [-0.25, -0.2) is 0 Å². The van der Waals surface area contributed by atoms with Crippen LogP contribution >= 0.6 is 0 Å². The van der Waals surface area contributed by atoms with Crippen LogP contribution in [-0.2, 0) is 6.42 Å². The molecular weight excluding hydrogens is 271 g/mol. The predicted molar refractivity (Wildman–Crippen MR) is 66.9 cm³/mol. The van der Waals surface area contributed by atoms with Gasteiger partial charge in [0.2, 0.25) is 6.79 Å². The molecule has 0 saturated heterocycles. The fourth-order valence-electron chi connectivity index (χ4n) is 2.80. The number of hydrogen-bond donors (Lipinski definition) is 1. The van der Waals surface area contributed by atoms with Gasteiger partial charge in [0.25, 0.3) is 0 Å². The van der Waals surface area contributed by atoms with Crippen LogP contribution in [0.5, 0.6) is 11.5 Å². The third-order valence-electron chi connectivity index (χ3n) is 3.75. The first-order valence-electron chi connectivity index (χ1n) is 6.75. The Labute approximate surface area is 115 Å². The van der Waals surface area contributed by atoms with Crippen molar-refractivity contribution in [2.45, 2.75) is 37.9 Å². The highest BCUT2D eigenvalue weighted by Crippen LogP contribution is 2.39. The van der Waals surface area contributed by atoms with E-state index < -0.39 is 12.6 Å². The quantitative estimate of drug-likeness (QED) is 0.925. The fourth-order valence-corrected chi connectivity index (χ4v) is 2.80. The molecule has 1 atom stereocenters. The van der Waals surface area contributed by atoms with E-state index in [1.54, 1.807) is 0 Å². The van der Waals surface area contributed by atoms with E-state index in [9.17, 15) is 13.2 Å². The highest BCUT2D eigenvalue weighted by molar-refractivity contribution is 5.50. The van der Waals surface area contributed by atoms with Crippen molar-refractivity contribution >= 4 is 0 Å². The van der Waals surface area contributed by atoms with Gasteiger partial charge in [0.15, 0.2) is 11.5 Å². The zero-order chi connectivity index (χ0) is 14.2. The number of ether oxygens (including phenoxy) is 2. The first-order chi connectivity index (χ1) is 9.53. The molecule has 1 N–H and O–H groups in total. The minimum Gasteiger partial charge on any atom is -0.454 e. The van der Waals surface area contributed by atoms with Gasteiger partial charge in [-0.15, -0.1) is 0 Å². The molecule has 2 aliphatic rings. The molecule has 1 aromatic carbocycles. The monoisotopic (exact) mass is 287 g/mol. The first kappa shape index (κ1) is 13.5. The third-order valence-corrected chi connectivity index (χ3v) is 3.75. The average molecular weight is 287 g/mol. The van der Waals surface area contributed by atoms with Crippen LogP contribution in [0.25, 0.3) is 0 Å². The van der Waals surface area contributed by atoms with Gasteiger partial charge in [-0.3, -0.25) is 0 Å². The Bertz CT molecular complexity index is 502. The Morgan fingerprint density at radius 3 is 2.70 bits per heavy atom. The highest BCUT2D eigenvalue weighted by Gasteiger charge is 2.29. The smallest absolute Gasteiger partial charge is 0.389 e. The Balaban J connectivity index is 1.73. The summed E-state index contributed by atoms with van der Waals surface area (Å²) in [4.78, 5) is 0. The molecule has 6 heteroatoms. The molecule has 0 aliphatic carbocycles. The van der Waals surface area contributed by atoms with Crippen LogP contribution in [0.15, 0.2) is 12.1 Å². The number of halogens is 3. The molecule has 0 saturated carbocycles. The molecule has 2 aliphatic heterocycles. The van der Waals surface area contributed by atoms with E-state index in [4.69, 9.17) is 9.47 Å². The summed E-state index contributed by atoms with van der Waals surface area (Å²) in [6.07, 6.45) is -3.33. The maximum atomic E-state index is 12.2. The van der Waals surface area contributed by atoms with Crippen molar-refractivity contribution < 1.29 is 22.6 Å². The summed E-state index contributed by atoms with van der Waals surface area (Å²) in [5.74, 6) is 1.42. The van der Waals surface area contributed by atoms with E-state index in [1.807, 2.05) is 12.1 Å². The highest BCUT2D eigenvalue weighted by atomic mass is 19.4. The van der Waals surface area contributed by atoms with Crippen molar-refractivity contribution in [3.8, 4) is 11.5 Å². The molecule has 0 aromatic heterocycles. The number of hydrogen-bond acceptors (Lipinski definition) is 3. The minimum atomic E-state index is -4.08. The number of benzene rings is 1. The van der Waals surface area contributed by atoms with Gasteiger partial charge in [-0.05, 0) is 49.1 Å². The van der Waals surface area contributed by atoms with Crippen LogP contribution in [0.2, 0.25) is 0 Å². The van der Waals surface area contributed by atoms with E-state index in [-0.39, 0.29) is 19.3 Å². The van der Waals surface area contributed by atoms with Crippen LogP contribution in [0, 0.1) is 0 Å². The molecule has 110 valence electrons. The van der Waals surface area contributed by atoms with Crippen LogP contribution in [0.3, 0.4) is 0 Å². The van der Waals surface area contributed by atoms with Gasteiger partial charge in [0.05, 0.1) is 0 Å². The summed E-state index contributed by atoms with van der Waals surface area (Å²) in [6, 6.07) is 3.83. The Hall–Kier alpha value is -1.43. The lowest BCUT2D eigenvalue weighted by atomic mass is 9.90. The molecule has 1 unspecified atom stereocenters. The average Bonchev–Trinajstić information content (AvgIpc) is 2.82. The van der Waals surface area contributed by atoms with Gasteiger partial charge < -0.3 is 14.8 Å². The zero-order valence-corrected chi connectivity index (χ0v) is 10.9. The predicted octanol–water partition coefficient (Wildman–Crippen LogP) is 3.33. The van der Waals surface area contributed by atoms with Crippen molar-refractivity contribution in [2.75, 3.05) is 13.3 Å². The SMILES string of the molecule is FC(F)(F)CCCC1NCCc2cc3c(cc21)OCO3. The number of nitrogens with one attached hydrogen (secondary N) is 1. The van der Waals surface area contributed by atoms with Crippen molar-refractivity contribution in [3.63, 3.8) is 0 Å². The van der Waals surface area contributed by atoms with Gasteiger partial charge in [0.1, 0.15) is 0 Å². The molecule has 0 radical (unpaired) electrons. The van der Waals surface area contributed by atoms with Crippen molar-refractivity contribution in [2.24, 2.45) is 0 Å².